The van der Waals surface area contributed by atoms with Crippen molar-refractivity contribution in [1.82, 2.24) is 0 Å². The van der Waals surface area contributed by atoms with Gasteiger partial charge in [0, 0.05) is 0 Å². The van der Waals surface area contributed by atoms with Crippen LogP contribution in [-0.4, -0.2) is 29.3 Å². The second kappa shape index (κ2) is 7.78. The lowest BCUT2D eigenvalue weighted by atomic mass is 10.1. The molecular weight excluding hydrogens is 272 g/mol. The Hall–Kier alpha value is -1.88. The molecule has 0 fully saturated rings. The molecule has 0 aliphatic carbocycles. The highest BCUT2D eigenvalue weighted by molar-refractivity contribution is 5.80. The molecule has 0 saturated carbocycles. The van der Waals surface area contributed by atoms with Crippen LogP contribution in [0.15, 0.2) is 30.3 Å². The zero-order valence-corrected chi connectivity index (χ0v) is 12.7. The van der Waals surface area contributed by atoms with E-state index in [4.69, 9.17) is 9.47 Å². The van der Waals surface area contributed by atoms with Gasteiger partial charge in [-0.1, -0.05) is 30.3 Å². The highest BCUT2D eigenvalue weighted by Crippen LogP contribution is 2.13. The molecule has 0 aromatic heterocycles. The van der Waals surface area contributed by atoms with Gasteiger partial charge in [-0.3, -0.25) is 9.59 Å². The fourth-order valence-electron chi connectivity index (χ4n) is 1.65. The highest BCUT2D eigenvalue weighted by atomic mass is 16.6. The quantitative estimate of drug-likeness (QED) is 0.813. The summed E-state index contributed by atoms with van der Waals surface area (Å²) in [5, 5.41) is 9.23. The maximum Gasteiger partial charge on any atom is 0.312 e. The van der Waals surface area contributed by atoms with Crippen LogP contribution in [0.1, 0.15) is 32.8 Å². The first-order chi connectivity index (χ1) is 9.81. The third-order valence-corrected chi connectivity index (χ3v) is 2.61. The lowest BCUT2D eigenvalue weighted by Gasteiger charge is -2.21. The topological polar surface area (TPSA) is 72.8 Å². The average Bonchev–Trinajstić information content (AvgIpc) is 2.41. The summed E-state index contributed by atoms with van der Waals surface area (Å²) < 4.78 is 10.2. The van der Waals surface area contributed by atoms with Crippen LogP contribution < -0.4 is 0 Å². The first-order valence-electron chi connectivity index (χ1n) is 6.85. The van der Waals surface area contributed by atoms with E-state index in [-0.39, 0.29) is 13.0 Å². The molecule has 0 aliphatic rings. The van der Waals surface area contributed by atoms with Crippen LogP contribution in [-0.2, 0) is 25.7 Å². The van der Waals surface area contributed by atoms with Gasteiger partial charge < -0.3 is 14.6 Å². The van der Waals surface area contributed by atoms with Crippen LogP contribution in [0, 0.1) is 5.92 Å². The predicted molar refractivity (Wildman–Crippen MR) is 77.3 cm³/mol. The molecule has 0 radical (unpaired) electrons. The molecular formula is C16H22O5. The van der Waals surface area contributed by atoms with E-state index in [1.165, 1.54) is 0 Å². The third kappa shape index (κ3) is 6.90. The molecule has 0 amide bonds. The van der Waals surface area contributed by atoms with Crippen molar-refractivity contribution in [3.05, 3.63) is 35.9 Å². The van der Waals surface area contributed by atoms with Gasteiger partial charge in [0.2, 0.25) is 0 Å². The largest absolute Gasteiger partial charge is 0.461 e. The van der Waals surface area contributed by atoms with Crippen LogP contribution in [0.2, 0.25) is 0 Å². The summed E-state index contributed by atoms with van der Waals surface area (Å²) in [5.41, 5.74) is 0.227. The molecule has 0 unspecified atom stereocenters. The van der Waals surface area contributed by atoms with Gasteiger partial charge in [0.05, 0.1) is 18.9 Å². The minimum Gasteiger partial charge on any atom is -0.461 e. The van der Waals surface area contributed by atoms with Crippen molar-refractivity contribution in [2.45, 2.75) is 39.4 Å². The van der Waals surface area contributed by atoms with E-state index in [0.717, 1.165) is 5.56 Å². The van der Waals surface area contributed by atoms with Crippen molar-refractivity contribution in [3.63, 3.8) is 0 Å². The van der Waals surface area contributed by atoms with E-state index in [1.54, 1.807) is 20.8 Å². The molecule has 1 N–H and O–H groups in total. The summed E-state index contributed by atoms with van der Waals surface area (Å²) in [7, 11) is 0. The summed E-state index contributed by atoms with van der Waals surface area (Å²) in [6, 6.07) is 9.20. The number of rotatable bonds is 6. The van der Waals surface area contributed by atoms with Crippen LogP contribution in [0.4, 0.5) is 0 Å². The van der Waals surface area contributed by atoms with E-state index in [0.29, 0.717) is 0 Å². The molecule has 1 rings (SSSR count). The minimum absolute atomic E-state index is 0.116. The van der Waals surface area contributed by atoms with E-state index < -0.39 is 30.1 Å². The third-order valence-electron chi connectivity index (χ3n) is 2.61. The number of aliphatic hydroxyl groups excluding tert-OH is 1. The van der Waals surface area contributed by atoms with Crippen molar-refractivity contribution in [2.75, 3.05) is 6.61 Å². The second-order valence-corrected chi connectivity index (χ2v) is 5.76. The van der Waals surface area contributed by atoms with Crippen LogP contribution in [0.3, 0.4) is 0 Å². The second-order valence-electron chi connectivity index (χ2n) is 5.76. The summed E-state index contributed by atoms with van der Waals surface area (Å²) in [5.74, 6) is -2.03. The van der Waals surface area contributed by atoms with Crippen LogP contribution in [0.25, 0.3) is 0 Å². The Morgan fingerprint density at radius 2 is 1.81 bits per heavy atom. The maximum atomic E-state index is 11.9. The lowest BCUT2D eigenvalue weighted by molar-refractivity contribution is -0.163. The Kier molecular flexibility index (Phi) is 6.37. The number of hydrogen-bond donors (Lipinski definition) is 1. The number of hydrogen-bond acceptors (Lipinski definition) is 5. The monoisotopic (exact) mass is 294 g/mol. The molecule has 0 spiro atoms. The Labute approximate surface area is 124 Å². The van der Waals surface area contributed by atoms with Gasteiger partial charge in [0.25, 0.3) is 0 Å². The number of carbonyl (C=O) groups is 2. The zero-order valence-electron chi connectivity index (χ0n) is 12.7. The Morgan fingerprint density at radius 3 is 2.33 bits per heavy atom. The standard InChI is InChI=1S/C16H22O5/c1-16(2,3)21-14(18)9-13(10-17)15(19)20-11-12-7-5-4-6-8-12/h4-8,13,17H,9-11H2,1-3H3/t13-/m1/s1. The molecule has 1 aromatic rings. The number of benzene rings is 1. The van der Waals surface area contributed by atoms with Crippen LogP contribution in [0.5, 0.6) is 0 Å². The van der Waals surface area contributed by atoms with Gasteiger partial charge in [-0.05, 0) is 26.3 Å². The summed E-state index contributed by atoms with van der Waals surface area (Å²) in [6.07, 6.45) is -0.193. The van der Waals surface area contributed by atoms with Crippen molar-refractivity contribution in [2.24, 2.45) is 5.92 Å². The van der Waals surface area contributed by atoms with Gasteiger partial charge in [-0.25, -0.2) is 0 Å². The molecule has 0 bridgehead atoms. The van der Waals surface area contributed by atoms with Crippen molar-refractivity contribution < 1.29 is 24.2 Å². The first kappa shape index (κ1) is 17.2. The number of esters is 2. The van der Waals surface area contributed by atoms with E-state index >= 15 is 0 Å². The normalized spacial score (nSPS) is 12.6. The molecule has 1 aromatic carbocycles. The summed E-state index contributed by atoms with van der Waals surface area (Å²) in [4.78, 5) is 23.5. The Balaban J connectivity index is 2.48. The molecule has 5 heteroatoms. The SMILES string of the molecule is CC(C)(C)OC(=O)C[C@H](CO)C(=O)OCc1ccccc1. The number of aliphatic hydroxyl groups is 1. The molecule has 116 valence electrons. The Morgan fingerprint density at radius 1 is 1.19 bits per heavy atom. The number of ether oxygens (including phenoxy) is 2. The summed E-state index contributed by atoms with van der Waals surface area (Å²) >= 11 is 0. The van der Waals surface area contributed by atoms with Crippen molar-refractivity contribution in [1.29, 1.82) is 0 Å². The molecule has 0 aliphatic heterocycles. The summed E-state index contributed by atoms with van der Waals surface area (Å²) in [6.45, 7) is 4.89. The predicted octanol–water partition coefficient (Wildman–Crippen LogP) is 2.07. The Bertz CT molecular complexity index is 461. The highest BCUT2D eigenvalue weighted by Gasteiger charge is 2.26. The maximum absolute atomic E-state index is 11.9. The van der Waals surface area contributed by atoms with Crippen molar-refractivity contribution in [3.8, 4) is 0 Å². The average molecular weight is 294 g/mol. The van der Waals surface area contributed by atoms with E-state index in [2.05, 4.69) is 0 Å². The molecule has 0 saturated heterocycles. The smallest absolute Gasteiger partial charge is 0.312 e. The lowest BCUT2D eigenvalue weighted by Crippen LogP contribution is -2.29. The van der Waals surface area contributed by atoms with Gasteiger partial charge in [0.15, 0.2) is 0 Å². The molecule has 21 heavy (non-hydrogen) atoms. The molecule has 1 atom stereocenters. The van der Waals surface area contributed by atoms with Gasteiger partial charge in [0.1, 0.15) is 12.2 Å². The zero-order chi connectivity index (χ0) is 15.9. The van der Waals surface area contributed by atoms with E-state index in [9.17, 15) is 14.7 Å². The fourth-order valence-corrected chi connectivity index (χ4v) is 1.65. The number of carbonyl (C=O) groups excluding carboxylic acids is 2. The van der Waals surface area contributed by atoms with E-state index in [1.807, 2.05) is 30.3 Å². The van der Waals surface area contributed by atoms with Crippen LogP contribution >= 0.6 is 0 Å². The van der Waals surface area contributed by atoms with Crippen molar-refractivity contribution >= 4 is 11.9 Å². The van der Waals surface area contributed by atoms with Gasteiger partial charge in [-0.15, -0.1) is 0 Å². The van der Waals surface area contributed by atoms with Gasteiger partial charge in [-0.2, -0.15) is 0 Å². The molecule has 0 heterocycles. The fraction of sp³-hybridized carbons (Fsp3) is 0.500. The van der Waals surface area contributed by atoms with Gasteiger partial charge >= 0.3 is 11.9 Å². The minimum atomic E-state index is -0.899. The molecule has 5 nitrogen and oxygen atoms in total. The first-order valence-corrected chi connectivity index (χ1v) is 6.85.